The first-order valence-corrected chi connectivity index (χ1v) is 15.8. The van der Waals surface area contributed by atoms with Crippen LogP contribution in [-0.4, -0.2) is 56.6 Å². The number of amides is 1. The van der Waals surface area contributed by atoms with E-state index in [0.29, 0.717) is 12.8 Å². The van der Waals surface area contributed by atoms with Crippen LogP contribution in [0.5, 0.6) is 0 Å². The molecule has 8 nitrogen and oxygen atoms in total. The lowest BCUT2D eigenvalue weighted by atomic mass is 9.73. The summed E-state index contributed by atoms with van der Waals surface area (Å²) in [6, 6.07) is -0.337. The van der Waals surface area contributed by atoms with Gasteiger partial charge in [-0.15, -0.1) is 11.3 Å². The number of rotatable bonds is 4. The number of alkyl halides is 3. The van der Waals surface area contributed by atoms with Gasteiger partial charge in [-0.3, -0.25) is 9.59 Å². The van der Waals surface area contributed by atoms with Gasteiger partial charge in [0.25, 0.3) is 0 Å². The number of Topliss-reactive ketones (excluding diaryl/α,β-unsaturated/α-hetero) is 1. The number of hydrogen-bond donors (Lipinski definition) is 2. The number of aliphatic hydroxyl groups excluding tert-OH is 1. The van der Waals surface area contributed by atoms with Gasteiger partial charge in [0.05, 0.1) is 40.6 Å². The van der Waals surface area contributed by atoms with Crippen LogP contribution in [0, 0.1) is 24.2 Å². The van der Waals surface area contributed by atoms with E-state index in [-0.39, 0.29) is 24.2 Å². The van der Waals surface area contributed by atoms with Crippen molar-refractivity contribution in [2.24, 2.45) is 17.3 Å². The standard InChI is InChI=1S/C30H41Cl3N2O6S/c1-17-9-8-10-18(2)26(41-28(39)40-16-30(31,32)33)20(4)27(38)29(6,7)24(36)14-25(37)35-23(12-11-17)19(3)13-22-15-42-21(5)34-22/h8-9,11,13,15,18,20,23-24,26,36H,10,12,14,16H2,1-7H3,(H,35,37)/b9-8+,17-11-,19-13+/t18-,20+,23-,24-,26-/m0/s1. The zero-order valence-electron chi connectivity index (χ0n) is 25.1. The Balaban J connectivity index is 2.40. The summed E-state index contributed by atoms with van der Waals surface area (Å²) in [4.78, 5) is 43.8. The predicted octanol–water partition coefficient (Wildman–Crippen LogP) is 7.15. The molecule has 42 heavy (non-hydrogen) atoms. The van der Waals surface area contributed by atoms with Crippen LogP contribution in [0.4, 0.5) is 4.79 Å². The summed E-state index contributed by atoms with van der Waals surface area (Å²) >= 11 is 18.6. The van der Waals surface area contributed by atoms with Gasteiger partial charge < -0.3 is 19.9 Å². The van der Waals surface area contributed by atoms with Gasteiger partial charge >= 0.3 is 6.16 Å². The molecule has 1 aromatic heterocycles. The van der Waals surface area contributed by atoms with Crippen molar-refractivity contribution in [2.45, 2.75) is 89.8 Å². The summed E-state index contributed by atoms with van der Waals surface area (Å²) in [6.07, 6.45) is 5.28. The number of hydrogen-bond acceptors (Lipinski definition) is 8. The number of halogens is 3. The van der Waals surface area contributed by atoms with Crippen molar-refractivity contribution in [3.05, 3.63) is 45.5 Å². The SMILES string of the molecule is CC1=C/C[C@@H](/C(C)=C/c2csc(C)n2)NC(=O)C[C@H](O)C(C)(C)C(=O)[C@H](C)[C@@H](OC(=O)OCC(Cl)(Cl)Cl)[C@@H](C)C\C=C\1. The second-order valence-electron chi connectivity index (χ2n) is 11.4. The number of nitrogens with one attached hydrogen (secondary N) is 1. The summed E-state index contributed by atoms with van der Waals surface area (Å²) < 4.78 is 8.70. The minimum absolute atomic E-state index is 0.292. The Morgan fingerprint density at radius 3 is 2.50 bits per heavy atom. The van der Waals surface area contributed by atoms with E-state index in [4.69, 9.17) is 44.3 Å². The maximum Gasteiger partial charge on any atom is 0.508 e. The number of aromatic nitrogens is 1. The third-order valence-electron chi connectivity index (χ3n) is 7.36. The number of nitrogens with zero attached hydrogens (tertiary/aromatic N) is 1. The van der Waals surface area contributed by atoms with E-state index in [1.165, 1.54) is 0 Å². The number of allylic oxidation sites excluding steroid dienone is 3. The summed E-state index contributed by atoms with van der Waals surface area (Å²) in [7, 11) is 0. The molecule has 12 heteroatoms. The van der Waals surface area contributed by atoms with E-state index in [0.717, 1.165) is 21.8 Å². The zero-order valence-corrected chi connectivity index (χ0v) is 28.2. The van der Waals surface area contributed by atoms with Gasteiger partial charge in [0.2, 0.25) is 9.70 Å². The molecule has 0 radical (unpaired) electrons. The molecule has 0 aliphatic carbocycles. The summed E-state index contributed by atoms with van der Waals surface area (Å²) in [5.41, 5.74) is 1.37. The van der Waals surface area contributed by atoms with Gasteiger partial charge in [0.1, 0.15) is 18.5 Å². The van der Waals surface area contributed by atoms with E-state index in [1.807, 2.05) is 57.4 Å². The van der Waals surface area contributed by atoms with Crippen LogP contribution in [-0.2, 0) is 19.1 Å². The highest BCUT2D eigenvalue weighted by Crippen LogP contribution is 2.33. The third kappa shape index (κ3) is 11.3. The molecule has 0 fully saturated rings. The zero-order chi connectivity index (χ0) is 31.8. The number of ether oxygens (including phenoxy) is 2. The Bertz CT molecular complexity index is 1200. The molecule has 1 aliphatic rings. The van der Waals surface area contributed by atoms with Crippen molar-refractivity contribution in [3.8, 4) is 0 Å². The maximum atomic E-state index is 13.7. The van der Waals surface area contributed by atoms with Crippen molar-refractivity contribution < 1.29 is 29.0 Å². The number of carbonyl (C=O) groups is 3. The summed E-state index contributed by atoms with van der Waals surface area (Å²) in [5.74, 6) is -1.91. The number of ketones is 1. The van der Waals surface area contributed by atoms with Gasteiger partial charge in [-0.25, -0.2) is 9.78 Å². The highest BCUT2D eigenvalue weighted by atomic mass is 35.6. The smallest absolute Gasteiger partial charge is 0.430 e. The van der Waals surface area contributed by atoms with Crippen molar-refractivity contribution in [1.82, 2.24) is 10.3 Å². The topological polar surface area (TPSA) is 115 Å². The average Bonchev–Trinajstić information content (AvgIpc) is 3.30. The van der Waals surface area contributed by atoms with Crippen molar-refractivity contribution in [3.63, 3.8) is 0 Å². The van der Waals surface area contributed by atoms with E-state index < -0.39 is 46.0 Å². The Morgan fingerprint density at radius 2 is 1.90 bits per heavy atom. The van der Waals surface area contributed by atoms with Gasteiger partial charge in [0, 0.05) is 5.38 Å². The molecular weight excluding hydrogens is 623 g/mol. The van der Waals surface area contributed by atoms with Crippen molar-refractivity contribution in [1.29, 1.82) is 0 Å². The highest BCUT2D eigenvalue weighted by molar-refractivity contribution is 7.09. The molecular formula is C30H41Cl3N2O6S. The molecule has 5 atom stereocenters. The highest BCUT2D eigenvalue weighted by Gasteiger charge is 2.44. The van der Waals surface area contributed by atoms with E-state index >= 15 is 0 Å². The Kier molecular flexibility index (Phi) is 13.6. The molecule has 234 valence electrons. The van der Waals surface area contributed by atoms with Crippen LogP contribution < -0.4 is 5.32 Å². The molecule has 0 saturated heterocycles. The molecule has 0 bridgehead atoms. The fourth-order valence-corrected chi connectivity index (χ4v) is 5.43. The number of thiazole rings is 1. The first-order chi connectivity index (χ1) is 19.4. The number of carbonyl (C=O) groups excluding carboxylic acids is 3. The van der Waals surface area contributed by atoms with E-state index in [2.05, 4.69) is 10.3 Å². The Labute approximate surface area is 267 Å². The minimum atomic E-state index is -1.82. The first kappa shape index (κ1) is 36.3. The Morgan fingerprint density at radius 1 is 1.24 bits per heavy atom. The fourth-order valence-electron chi connectivity index (χ4n) is 4.69. The van der Waals surface area contributed by atoms with Crippen molar-refractivity contribution in [2.75, 3.05) is 6.61 Å². The molecule has 0 unspecified atom stereocenters. The minimum Gasteiger partial charge on any atom is -0.430 e. The van der Waals surface area contributed by atoms with Gasteiger partial charge in [-0.2, -0.15) is 0 Å². The van der Waals surface area contributed by atoms with Crippen LogP contribution >= 0.6 is 46.1 Å². The van der Waals surface area contributed by atoms with Crippen LogP contribution in [0.3, 0.4) is 0 Å². The van der Waals surface area contributed by atoms with Crippen LogP contribution in [0.1, 0.15) is 71.5 Å². The number of aryl methyl sites for hydroxylation is 1. The molecule has 1 aromatic rings. The molecule has 2 N–H and O–H groups in total. The van der Waals surface area contributed by atoms with Crippen LogP contribution in [0.25, 0.3) is 6.08 Å². The molecule has 1 aliphatic heterocycles. The summed E-state index contributed by atoms with van der Waals surface area (Å²) in [5, 5.41) is 17.0. The van der Waals surface area contributed by atoms with E-state index in [1.54, 1.807) is 32.1 Å². The van der Waals surface area contributed by atoms with Crippen molar-refractivity contribution >= 4 is 70.1 Å². The molecule has 0 aromatic carbocycles. The second kappa shape index (κ2) is 15.7. The average molecular weight is 664 g/mol. The molecule has 1 amide bonds. The lowest BCUT2D eigenvalue weighted by molar-refractivity contribution is -0.143. The largest absolute Gasteiger partial charge is 0.508 e. The monoisotopic (exact) mass is 662 g/mol. The van der Waals surface area contributed by atoms with E-state index in [9.17, 15) is 19.5 Å². The van der Waals surface area contributed by atoms with Gasteiger partial charge in [0.15, 0.2) is 0 Å². The normalized spacial score (nSPS) is 28.8. The quantitative estimate of drug-likeness (QED) is 0.260. The molecule has 0 saturated carbocycles. The molecule has 2 heterocycles. The maximum absolute atomic E-state index is 13.7. The Hall–Kier alpha value is -1.91. The fraction of sp³-hybridized carbons (Fsp3) is 0.600. The second-order valence-corrected chi connectivity index (χ2v) is 15.0. The summed E-state index contributed by atoms with van der Waals surface area (Å²) in [6.45, 7) is 11.9. The van der Waals surface area contributed by atoms with Gasteiger partial charge in [-0.05, 0) is 51.2 Å². The molecule has 0 spiro atoms. The molecule has 2 rings (SSSR count). The van der Waals surface area contributed by atoms with Crippen LogP contribution in [0.2, 0.25) is 0 Å². The number of aliphatic hydroxyl groups is 1. The van der Waals surface area contributed by atoms with Gasteiger partial charge in [-0.1, -0.05) is 86.3 Å². The van der Waals surface area contributed by atoms with Crippen LogP contribution in [0.15, 0.2) is 34.8 Å². The first-order valence-electron chi connectivity index (χ1n) is 13.8. The predicted molar refractivity (Wildman–Crippen MR) is 169 cm³/mol. The lowest BCUT2D eigenvalue weighted by Gasteiger charge is -2.35. The third-order valence-corrected chi connectivity index (χ3v) is 8.48. The lowest BCUT2D eigenvalue weighted by Crippen LogP contribution is -2.48.